The van der Waals surface area contributed by atoms with E-state index in [-0.39, 0.29) is 6.10 Å². The summed E-state index contributed by atoms with van der Waals surface area (Å²) in [5.74, 6) is 0. The quantitative estimate of drug-likeness (QED) is 0.503. The summed E-state index contributed by atoms with van der Waals surface area (Å²) >= 11 is 1.25. The standard InChI is InChI=1S/C8H15NOS/c1-3-8(11-9)6-4-5-7(2)10/h4-7,10H,3,9H2,1-2H3/b5-4-,8-6+. The number of allylic oxidation sites excluding steroid dienone is 3. The predicted octanol–water partition coefficient (Wildman–Crippen LogP) is 1.82. The highest BCUT2D eigenvalue weighted by molar-refractivity contribution is 8.00. The summed E-state index contributed by atoms with van der Waals surface area (Å²) in [5.41, 5.74) is 0. The molecule has 0 aliphatic carbocycles. The molecule has 2 nitrogen and oxygen atoms in total. The summed E-state index contributed by atoms with van der Waals surface area (Å²) in [6, 6.07) is 0. The topological polar surface area (TPSA) is 46.2 Å². The van der Waals surface area contributed by atoms with Crippen molar-refractivity contribution in [1.29, 1.82) is 0 Å². The first kappa shape index (κ1) is 10.8. The third kappa shape index (κ3) is 6.16. The Labute approximate surface area is 72.3 Å². The Bertz CT molecular complexity index is 146. The van der Waals surface area contributed by atoms with E-state index >= 15 is 0 Å². The molecule has 0 aromatic rings. The second-order valence-corrected chi connectivity index (χ2v) is 2.99. The number of nitrogens with two attached hydrogens (primary N) is 1. The van der Waals surface area contributed by atoms with E-state index in [1.807, 2.05) is 19.1 Å². The van der Waals surface area contributed by atoms with Crippen LogP contribution in [0.25, 0.3) is 0 Å². The third-order valence-electron chi connectivity index (χ3n) is 1.17. The van der Waals surface area contributed by atoms with Crippen molar-refractivity contribution in [2.24, 2.45) is 5.14 Å². The van der Waals surface area contributed by atoms with Gasteiger partial charge in [-0.3, -0.25) is 5.14 Å². The van der Waals surface area contributed by atoms with Crippen LogP contribution in [0.2, 0.25) is 0 Å². The summed E-state index contributed by atoms with van der Waals surface area (Å²) in [5, 5.41) is 14.2. The van der Waals surface area contributed by atoms with Gasteiger partial charge in [0.15, 0.2) is 0 Å². The molecule has 0 saturated heterocycles. The van der Waals surface area contributed by atoms with E-state index in [4.69, 9.17) is 10.2 Å². The molecule has 0 aromatic carbocycles. The largest absolute Gasteiger partial charge is 0.389 e. The molecule has 0 bridgehead atoms. The molecule has 0 aliphatic rings. The van der Waals surface area contributed by atoms with Gasteiger partial charge in [0.1, 0.15) is 0 Å². The van der Waals surface area contributed by atoms with E-state index in [1.165, 1.54) is 11.9 Å². The average Bonchev–Trinajstić information content (AvgIpc) is 1.98. The average molecular weight is 173 g/mol. The molecule has 1 atom stereocenters. The van der Waals surface area contributed by atoms with E-state index in [0.717, 1.165) is 11.3 Å². The van der Waals surface area contributed by atoms with Crippen LogP contribution in [0.4, 0.5) is 0 Å². The van der Waals surface area contributed by atoms with Crippen molar-refractivity contribution in [3.05, 3.63) is 23.1 Å². The molecule has 3 N–H and O–H groups in total. The van der Waals surface area contributed by atoms with Crippen LogP contribution in [0.5, 0.6) is 0 Å². The summed E-state index contributed by atoms with van der Waals surface area (Å²) in [7, 11) is 0. The first-order valence-electron chi connectivity index (χ1n) is 3.62. The van der Waals surface area contributed by atoms with Gasteiger partial charge >= 0.3 is 0 Å². The van der Waals surface area contributed by atoms with Crippen molar-refractivity contribution >= 4 is 11.9 Å². The normalized spacial score (nSPS) is 15.8. The van der Waals surface area contributed by atoms with Crippen LogP contribution in [-0.4, -0.2) is 11.2 Å². The fraction of sp³-hybridized carbons (Fsp3) is 0.500. The minimum atomic E-state index is -0.382. The van der Waals surface area contributed by atoms with Gasteiger partial charge in [-0.15, -0.1) is 0 Å². The zero-order valence-corrected chi connectivity index (χ0v) is 7.77. The number of hydrogen-bond acceptors (Lipinski definition) is 3. The summed E-state index contributed by atoms with van der Waals surface area (Å²) < 4.78 is 0. The lowest BCUT2D eigenvalue weighted by atomic mass is 10.3. The first-order valence-corrected chi connectivity index (χ1v) is 4.50. The Morgan fingerprint density at radius 3 is 2.73 bits per heavy atom. The lowest BCUT2D eigenvalue weighted by Crippen LogP contribution is -1.90. The van der Waals surface area contributed by atoms with Gasteiger partial charge < -0.3 is 5.11 Å². The van der Waals surface area contributed by atoms with Crippen LogP contribution >= 0.6 is 11.9 Å². The van der Waals surface area contributed by atoms with E-state index in [2.05, 4.69) is 0 Å². The summed E-state index contributed by atoms with van der Waals surface area (Å²) in [6.45, 7) is 3.76. The van der Waals surface area contributed by atoms with Crippen LogP contribution in [0.1, 0.15) is 20.3 Å². The van der Waals surface area contributed by atoms with Gasteiger partial charge in [0.25, 0.3) is 0 Å². The second kappa shape index (κ2) is 6.46. The highest BCUT2D eigenvalue weighted by atomic mass is 32.2. The Hall–Kier alpha value is -0.250. The molecular weight excluding hydrogens is 158 g/mol. The van der Waals surface area contributed by atoms with Crippen LogP contribution in [0.15, 0.2) is 23.1 Å². The minimum Gasteiger partial charge on any atom is -0.389 e. The monoisotopic (exact) mass is 173 g/mol. The third-order valence-corrected chi connectivity index (χ3v) is 1.90. The maximum absolute atomic E-state index is 8.86. The van der Waals surface area contributed by atoms with E-state index in [0.29, 0.717) is 0 Å². The number of aliphatic hydroxyl groups is 1. The molecular formula is C8H15NOS. The van der Waals surface area contributed by atoms with Gasteiger partial charge in [0.05, 0.1) is 6.10 Å². The van der Waals surface area contributed by atoms with E-state index < -0.39 is 0 Å². The first-order chi connectivity index (χ1) is 5.20. The molecule has 64 valence electrons. The molecule has 11 heavy (non-hydrogen) atoms. The Kier molecular flexibility index (Phi) is 6.31. The molecule has 0 saturated carbocycles. The molecule has 0 rings (SSSR count). The van der Waals surface area contributed by atoms with Crippen molar-refractivity contribution in [3.8, 4) is 0 Å². The van der Waals surface area contributed by atoms with Crippen LogP contribution in [-0.2, 0) is 0 Å². The van der Waals surface area contributed by atoms with E-state index in [9.17, 15) is 0 Å². The number of rotatable bonds is 4. The fourth-order valence-corrected chi connectivity index (χ4v) is 0.888. The predicted molar refractivity (Wildman–Crippen MR) is 51.0 cm³/mol. The molecule has 3 heteroatoms. The summed E-state index contributed by atoms with van der Waals surface area (Å²) in [6.07, 6.45) is 6.00. The Balaban J connectivity index is 3.87. The highest BCUT2D eigenvalue weighted by Gasteiger charge is 1.87. The number of aliphatic hydroxyl groups excluding tert-OH is 1. The second-order valence-electron chi connectivity index (χ2n) is 2.23. The van der Waals surface area contributed by atoms with Crippen molar-refractivity contribution in [2.75, 3.05) is 0 Å². The highest BCUT2D eigenvalue weighted by Crippen LogP contribution is 2.11. The van der Waals surface area contributed by atoms with Gasteiger partial charge in [-0.25, -0.2) is 0 Å². The Morgan fingerprint density at radius 2 is 2.36 bits per heavy atom. The maximum atomic E-state index is 8.86. The molecule has 0 radical (unpaired) electrons. The van der Waals surface area contributed by atoms with Crippen LogP contribution < -0.4 is 5.14 Å². The SMILES string of the molecule is CC/C(=C\C=C/C(C)O)SN. The van der Waals surface area contributed by atoms with Gasteiger partial charge in [0, 0.05) is 0 Å². The van der Waals surface area contributed by atoms with Crippen LogP contribution in [0.3, 0.4) is 0 Å². The van der Waals surface area contributed by atoms with Crippen LogP contribution in [0, 0.1) is 0 Å². The lowest BCUT2D eigenvalue weighted by Gasteiger charge is -1.95. The van der Waals surface area contributed by atoms with Crippen molar-refractivity contribution in [1.82, 2.24) is 0 Å². The van der Waals surface area contributed by atoms with Crippen molar-refractivity contribution in [3.63, 3.8) is 0 Å². The zero-order valence-electron chi connectivity index (χ0n) is 6.95. The van der Waals surface area contributed by atoms with Gasteiger partial charge in [-0.1, -0.05) is 37.1 Å². The molecule has 0 aliphatic heterocycles. The van der Waals surface area contributed by atoms with Crippen molar-refractivity contribution < 1.29 is 5.11 Å². The van der Waals surface area contributed by atoms with Crippen molar-refractivity contribution in [2.45, 2.75) is 26.4 Å². The fourth-order valence-electron chi connectivity index (χ4n) is 0.564. The smallest absolute Gasteiger partial charge is 0.0695 e. The lowest BCUT2D eigenvalue weighted by molar-refractivity contribution is 0.244. The number of hydrogen-bond donors (Lipinski definition) is 2. The molecule has 1 unspecified atom stereocenters. The molecule has 0 fully saturated rings. The molecule has 0 aromatic heterocycles. The molecule has 0 spiro atoms. The molecule has 0 amide bonds. The van der Waals surface area contributed by atoms with Gasteiger partial charge in [0.2, 0.25) is 0 Å². The van der Waals surface area contributed by atoms with Gasteiger partial charge in [-0.2, -0.15) is 0 Å². The molecule has 0 heterocycles. The van der Waals surface area contributed by atoms with Gasteiger partial charge in [-0.05, 0) is 18.2 Å². The Morgan fingerprint density at radius 1 is 1.73 bits per heavy atom. The van der Waals surface area contributed by atoms with E-state index in [1.54, 1.807) is 13.0 Å². The zero-order chi connectivity index (χ0) is 8.69. The maximum Gasteiger partial charge on any atom is 0.0695 e. The minimum absolute atomic E-state index is 0.382. The summed E-state index contributed by atoms with van der Waals surface area (Å²) in [4.78, 5) is 1.11.